The Morgan fingerprint density at radius 2 is 1.81 bits per heavy atom. The summed E-state index contributed by atoms with van der Waals surface area (Å²) in [6.45, 7) is 1.15. The van der Waals surface area contributed by atoms with Gasteiger partial charge in [-0.15, -0.1) is 10.2 Å². The molecule has 4 rings (SSSR count). The fraction of sp³-hybridized carbons (Fsp3) is 0.118. The maximum absolute atomic E-state index is 14.9. The van der Waals surface area contributed by atoms with Crippen molar-refractivity contribution in [1.82, 2.24) is 14.8 Å². The number of hydrogen-bond donors (Lipinski definition) is 1. The Bertz CT molecular complexity index is 1040. The zero-order valence-corrected chi connectivity index (χ0v) is 14.7. The Morgan fingerprint density at radius 3 is 2.58 bits per heavy atom. The van der Waals surface area contributed by atoms with Gasteiger partial charge in [0.15, 0.2) is 11.6 Å². The van der Waals surface area contributed by atoms with Gasteiger partial charge in [-0.2, -0.15) is 0 Å². The first-order valence-corrected chi connectivity index (χ1v) is 8.39. The van der Waals surface area contributed by atoms with Crippen molar-refractivity contribution < 1.29 is 8.78 Å². The molecule has 5 nitrogen and oxygen atoms in total. The van der Waals surface area contributed by atoms with E-state index in [1.165, 1.54) is 18.2 Å². The van der Waals surface area contributed by atoms with Gasteiger partial charge in [-0.25, -0.2) is 8.78 Å². The van der Waals surface area contributed by atoms with Crippen LogP contribution in [0.2, 0.25) is 10.0 Å². The zero-order chi connectivity index (χ0) is 18.4. The molecular formula is C17H11Cl2F2N5. The van der Waals surface area contributed by atoms with Crippen LogP contribution in [0.4, 0.5) is 14.5 Å². The van der Waals surface area contributed by atoms with E-state index >= 15 is 0 Å². The van der Waals surface area contributed by atoms with Crippen molar-refractivity contribution in [2.24, 2.45) is 4.99 Å². The van der Waals surface area contributed by atoms with Crippen LogP contribution in [0.5, 0.6) is 0 Å². The highest BCUT2D eigenvalue weighted by molar-refractivity contribution is 6.35. The Balaban J connectivity index is 1.89. The average molecular weight is 394 g/mol. The number of halogens is 4. The van der Waals surface area contributed by atoms with Crippen LogP contribution in [0, 0.1) is 11.6 Å². The third-order valence-electron chi connectivity index (χ3n) is 4.13. The first-order chi connectivity index (χ1) is 12.5. The number of fused-ring (bicyclic) bond motifs is 1. The minimum atomic E-state index is -0.734. The minimum absolute atomic E-state index is 0.00491. The Morgan fingerprint density at radius 1 is 1.00 bits per heavy atom. The van der Waals surface area contributed by atoms with E-state index in [0.29, 0.717) is 30.3 Å². The SMILES string of the molecule is Nc1c(Cl)ccc(F)c1-c1c(F)cc(-c2nnc3n2CCN=C3)cc1Cl. The number of nitrogen functional groups attached to an aromatic ring is 1. The topological polar surface area (TPSA) is 69.1 Å². The van der Waals surface area contributed by atoms with Crippen LogP contribution < -0.4 is 5.73 Å². The molecule has 9 heteroatoms. The van der Waals surface area contributed by atoms with Crippen molar-refractivity contribution in [3.05, 3.63) is 51.8 Å². The van der Waals surface area contributed by atoms with Gasteiger partial charge in [0, 0.05) is 23.2 Å². The number of aromatic nitrogens is 3. The lowest BCUT2D eigenvalue weighted by Crippen LogP contribution is -2.12. The number of aliphatic imine (C=N–C) groups is 1. The molecule has 3 aromatic rings. The van der Waals surface area contributed by atoms with Crippen molar-refractivity contribution in [2.75, 3.05) is 12.3 Å². The average Bonchev–Trinajstić information content (AvgIpc) is 3.04. The molecular weight excluding hydrogens is 383 g/mol. The number of nitrogens with zero attached hydrogens (tertiary/aromatic N) is 4. The second kappa shape index (κ2) is 6.34. The number of anilines is 1. The molecule has 0 spiro atoms. The summed E-state index contributed by atoms with van der Waals surface area (Å²) in [6.07, 6.45) is 1.61. The lowest BCUT2D eigenvalue weighted by molar-refractivity contribution is 0.616. The summed E-state index contributed by atoms with van der Waals surface area (Å²) < 4.78 is 31.0. The predicted molar refractivity (Wildman–Crippen MR) is 97.7 cm³/mol. The van der Waals surface area contributed by atoms with Gasteiger partial charge < -0.3 is 10.3 Å². The van der Waals surface area contributed by atoms with Crippen LogP contribution in [0.15, 0.2) is 29.3 Å². The zero-order valence-electron chi connectivity index (χ0n) is 13.2. The van der Waals surface area contributed by atoms with Crippen LogP contribution in [0.1, 0.15) is 5.82 Å². The summed E-state index contributed by atoms with van der Waals surface area (Å²) in [6, 6.07) is 5.15. The summed E-state index contributed by atoms with van der Waals surface area (Å²) in [5, 5.41) is 8.20. The van der Waals surface area contributed by atoms with Gasteiger partial charge >= 0.3 is 0 Å². The van der Waals surface area contributed by atoms with E-state index in [9.17, 15) is 8.78 Å². The molecule has 26 heavy (non-hydrogen) atoms. The summed E-state index contributed by atoms with van der Waals surface area (Å²) in [5.41, 5.74) is 5.88. The molecule has 0 radical (unpaired) electrons. The van der Waals surface area contributed by atoms with Gasteiger partial charge in [0.2, 0.25) is 0 Å². The molecule has 1 aromatic heterocycles. The predicted octanol–water partition coefficient (Wildman–Crippen LogP) is 4.21. The second-order valence-corrected chi connectivity index (χ2v) is 6.52. The van der Waals surface area contributed by atoms with Crippen molar-refractivity contribution in [3.8, 4) is 22.5 Å². The molecule has 0 saturated carbocycles. The molecule has 2 heterocycles. The highest BCUT2D eigenvalue weighted by Crippen LogP contribution is 2.41. The van der Waals surface area contributed by atoms with Gasteiger partial charge in [0.25, 0.3) is 0 Å². The molecule has 0 amide bonds. The van der Waals surface area contributed by atoms with Crippen molar-refractivity contribution in [1.29, 1.82) is 0 Å². The van der Waals surface area contributed by atoms with Gasteiger partial charge in [-0.3, -0.25) is 4.99 Å². The summed E-state index contributed by atoms with van der Waals surface area (Å²) >= 11 is 12.2. The van der Waals surface area contributed by atoms with Gasteiger partial charge in [0.05, 0.1) is 28.5 Å². The van der Waals surface area contributed by atoms with E-state index < -0.39 is 11.6 Å². The standard InChI is InChI=1S/C17H11Cl2F2N5/c18-9-1-2-11(20)15(16(9)22)14-10(19)5-8(6-12(14)21)17-25-24-13-7-23-3-4-26(13)17/h1-2,5-7H,3-4,22H2. The summed E-state index contributed by atoms with van der Waals surface area (Å²) in [4.78, 5) is 4.13. The third-order valence-corrected chi connectivity index (χ3v) is 4.76. The number of rotatable bonds is 2. The molecule has 0 unspecified atom stereocenters. The molecule has 1 aliphatic rings. The summed E-state index contributed by atoms with van der Waals surface area (Å²) in [5.74, 6) is -0.409. The third kappa shape index (κ3) is 2.64. The Labute approximate surface area is 157 Å². The molecule has 2 N–H and O–H groups in total. The molecule has 0 fully saturated rings. The van der Waals surface area contributed by atoms with E-state index in [-0.39, 0.29) is 26.9 Å². The van der Waals surface area contributed by atoms with Crippen LogP contribution in [0.3, 0.4) is 0 Å². The first kappa shape index (κ1) is 16.9. The van der Waals surface area contributed by atoms with Crippen LogP contribution in [0.25, 0.3) is 22.5 Å². The quantitative estimate of drug-likeness (QED) is 0.662. The van der Waals surface area contributed by atoms with Gasteiger partial charge in [-0.05, 0) is 24.3 Å². The molecule has 1 aliphatic heterocycles. The van der Waals surface area contributed by atoms with Crippen molar-refractivity contribution in [3.63, 3.8) is 0 Å². The lowest BCUT2D eigenvalue weighted by Gasteiger charge is -2.14. The highest BCUT2D eigenvalue weighted by Gasteiger charge is 2.22. The first-order valence-electron chi connectivity index (χ1n) is 7.63. The van der Waals surface area contributed by atoms with Gasteiger partial charge in [-0.1, -0.05) is 23.2 Å². The van der Waals surface area contributed by atoms with Crippen molar-refractivity contribution >= 4 is 35.1 Å². The Hall–Kier alpha value is -2.51. The summed E-state index contributed by atoms with van der Waals surface area (Å²) in [7, 11) is 0. The van der Waals surface area contributed by atoms with E-state index in [2.05, 4.69) is 15.2 Å². The van der Waals surface area contributed by atoms with E-state index in [4.69, 9.17) is 28.9 Å². The highest BCUT2D eigenvalue weighted by atomic mass is 35.5. The van der Waals surface area contributed by atoms with Gasteiger partial charge in [0.1, 0.15) is 11.6 Å². The van der Waals surface area contributed by atoms with E-state index in [0.717, 1.165) is 6.07 Å². The van der Waals surface area contributed by atoms with Crippen molar-refractivity contribution in [2.45, 2.75) is 6.54 Å². The van der Waals surface area contributed by atoms with E-state index in [1.54, 1.807) is 6.21 Å². The Kier molecular flexibility index (Phi) is 4.13. The van der Waals surface area contributed by atoms with Crippen LogP contribution in [-0.2, 0) is 6.54 Å². The maximum Gasteiger partial charge on any atom is 0.175 e. The largest absolute Gasteiger partial charge is 0.397 e. The van der Waals surface area contributed by atoms with Crippen LogP contribution in [-0.4, -0.2) is 27.5 Å². The molecule has 2 aromatic carbocycles. The fourth-order valence-corrected chi connectivity index (χ4v) is 3.37. The molecule has 0 atom stereocenters. The number of benzene rings is 2. The van der Waals surface area contributed by atoms with Crippen LogP contribution >= 0.6 is 23.2 Å². The molecule has 0 aliphatic carbocycles. The minimum Gasteiger partial charge on any atom is -0.397 e. The van der Waals surface area contributed by atoms with E-state index in [1.807, 2.05) is 4.57 Å². The second-order valence-electron chi connectivity index (χ2n) is 5.70. The fourth-order valence-electron chi connectivity index (χ4n) is 2.91. The normalized spacial score (nSPS) is 13.1. The molecule has 132 valence electrons. The maximum atomic E-state index is 14.9. The molecule has 0 saturated heterocycles. The monoisotopic (exact) mass is 393 g/mol. The smallest absolute Gasteiger partial charge is 0.175 e. The lowest BCUT2D eigenvalue weighted by atomic mass is 10.00. The molecule has 0 bridgehead atoms. The number of hydrogen-bond acceptors (Lipinski definition) is 4. The number of nitrogens with two attached hydrogens (primary N) is 1.